The molecule has 0 fully saturated rings. The molecule has 98 valence electrons. The highest BCUT2D eigenvalue weighted by atomic mass is 79.9. The Kier molecular flexibility index (Phi) is 3.79. The molecule has 18 heavy (non-hydrogen) atoms. The number of nitrogens with zero attached hydrogens (tertiary/aromatic N) is 1. The number of aliphatic carboxylic acids is 1. The third-order valence-corrected chi connectivity index (χ3v) is 2.25. The van der Waals surface area contributed by atoms with Gasteiger partial charge in [-0.3, -0.25) is 10.1 Å². The van der Waals surface area contributed by atoms with Gasteiger partial charge in [0.05, 0.1) is 15.5 Å². The molecular formula is C8H3BrF3NO5. The van der Waals surface area contributed by atoms with E-state index < -0.39 is 38.7 Å². The molecule has 10 heteroatoms. The summed E-state index contributed by atoms with van der Waals surface area (Å²) >= 11 is 2.57. The van der Waals surface area contributed by atoms with E-state index in [4.69, 9.17) is 5.11 Å². The van der Waals surface area contributed by atoms with E-state index in [1.54, 1.807) is 0 Å². The molecule has 1 N–H and O–H groups in total. The van der Waals surface area contributed by atoms with Crippen molar-refractivity contribution >= 4 is 27.6 Å². The van der Waals surface area contributed by atoms with Crippen molar-refractivity contribution in [3.8, 4) is 5.75 Å². The molecule has 1 aromatic carbocycles. The first kappa shape index (κ1) is 14.2. The number of carboxylic acids is 1. The van der Waals surface area contributed by atoms with Gasteiger partial charge in [-0.15, -0.1) is 0 Å². The number of benzene rings is 1. The molecule has 1 rings (SSSR count). The third-order valence-electron chi connectivity index (χ3n) is 1.66. The highest BCUT2D eigenvalue weighted by Crippen LogP contribution is 2.38. The normalized spacial score (nSPS) is 11.1. The van der Waals surface area contributed by atoms with E-state index in [1.807, 2.05) is 0 Å². The van der Waals surface area contributed by atoms with Crippen LogP contribution in [0.5, 0.6) is 5.75 Å². The van der Waals surface area contributed by atoms with Crippen molar-refractivity contribution < 1.29 is 32.7 Å². The maximum Gasteiger partial charge on any atom is 0.502 e. The van der Waals surface area contributed by atoms with Crippen LogP contribution in [0.25, 0.3) is 0 Å². The molecule has 0 saturated carbocycles. The summed E-state index contributed by atoms with van der Waals surface area (Å²) in [7, 11) is 0. The van der Waals surface area contributed by atoms with Gasteiger partial charge in [0.15, 0.2) is 0 Å². The Hall–Kier alpha value is -1.84. The molecular weight excluding hydrogens is 327 g/mol. The van der Waals surface area contributed by atoms with Gasteiger partial charge in [-0.25, -0.2) is 9.18 Å². The van der Waals surface area contributed by atoms with Crippen LogP contribution < -0.4 is 4.74 Å². The highest BCUT2D eigenvalue weighted by molar-refractivity contribution is 9.10. The van der Waals surface area contributed by atoms with Gasteiger partial charge < -0.3 is 9.84 Å². The molecule has 0 saturated heterocycles. The summed E-state index contributed by atoms with van der Waals surface area (Å²) in [5.74, 6) is -4.78. The highest BCUT2D eigenvalue weighted by Gasteiger charge is 2.44. The van der Waals surface area contributed by atoms with Crippen LogP contribution >= 0.6 is 15.9 Å². The first-order chi connectivity index (χ1) is 8.15. The molecule has 6 nitrogen and oxygen atoms in total. The maximum absolute atomic E-state index is 12.9. The second kappa shape index (κ2) is 4.80. The molecule has 0 aliphatic carbocycles. The largest absolute Gasteiger partial charge is 0.502 e. The molecule has 0 aromatic heterocycles. The Morgan fingerprint density at radius 2 is 2.06 bits per heavy atom. The first-order valence-electron chi connectivity index (χ1n) is 4.09. The predicted molar refractivity (Wildman–Crippen MR) is 54.0 cm³/mol. The molecule has 0 unspecified atom stereocenters. The summed E-state index contributed by atoms with van der Waals surface area (Å²) < 4.78 is 41.7. The molecule has 0 aliphatic rings. The average molecular weight is 330 g/mol. The third kappa shape index (κ3) is 2.88. The van der Waals surface area contributed by atoms with Crippen molar-refractivity contribution in [2.45, 2.75) is 6.11 Å². The minimum Gasteiger partial charge on any atom is -0.474 e. The van der Waals surface area contributed by atoms with Crippen LogP contribution in [0.4, 0.5) is 18.9 Å². The number of ether oxygens (including phenoxy) is 1. The zero-order valence-corrected chi connectivity index (χ0v) is 9.78. The minimum atomic E-state index is -4.68. The fourth-order valence-electron chi connectivity index (χ4n) is 0.955. The van der Waals surface area contributed by atoms with E-state index in [2.05, 4.69) is 20.7 Å². The van der Waals surface area contributed by atoms with Crippen molar-refractivity contribution in [2.24, 2.45) is 0 Å². The monoisotopic (exact) mass is 329 g/mol. The molecule has 0 spiro atoms. The van der Waals surface area contributed by atoms with Crippen molar-refractivity contribution in [1.29, 1.82) is 0 Å². The summed E-state index contributed by atoms with van der Waals surface area (Å²) in [6, 6.07) is 0.957. The lowest BCUT2D eigenvalue weighted by Crippen LogP contribution is -2.35. The van der Waals surface area contributed by atoms with Crippen molar-refractivity contribution in [1.82, 2.24) is 0 Å². The van der Waals surface area contributed by atoms with Gasteiger partial charge in [0.1, 0.15) is 5.82 Å². The second-order valence-electron chi connectivity index (χ2n) is 2.92. The Labute approximate surface area is 105 Å². The van der Waals surface area contributed by atoms with E-state index in [1.165, 1.54) is 0 Å². The van der Waals surface area contributed by atoms with Crippen LogP contribution in [0.3, 0.4) is 0 Å². The van der Waals surface area contributed by atoms with Gasteiger partial charge in [-0.05, 0) is 22.0 Å². The van der Waals surface area contributed by atoms with Gasteiger partial charge in [-0.1, -0.05) is 0 Å². The van der Waals surface area contributed by atoms with E-state index >= 15 is 0 Å². The number of alkyl halides is 2. The number of rotatable bonds is 4. The number of hydrogen-bond donors (Lipinski definition) is 1. The first-order valence-corrected chi connectivity index (χ1v) is 4.88. The zero-order valence-electron chi connectivity index (χ0n) is 8.19. The SMILES string of the molecule is O=C(O)C(F)(F)Oc1c(Br)cc(F)cc1[N+](=O)[O-]. The second-order valence-corrected chi connectivity index (χ2v) is 3.77. The van der Waals surface area contributed by atoms with Crippen LogP contribution in [0.1, 0.15) is 0 Å². The van der Waals surface area contributed by atoms with Gasteiger partial charge in [0, 0.05) is 0 Å². The molecule has 1 aromatic rings. The smallest absolute Gasteiger partial charge is 0.474 e. The lowest BCUT2D eigenvalue weighted by Gasteiger charge is -2.14. The fourth-order valence-corrected chi connectivity index (χ4v) is 1.46. The molecule has 0 aliphatic heterocycles. The van der Waals surface area contributed by atoms with Crippen LogP contribution in [0.15, 0.2) is 16.6 Å². The minimum absolute atomic E-state index is 0.331. The molecule has 0 amide bonds. The van der Waals surface area contributed by atoms with Crippen LogP contribution in [-0.2, 0) is 4.79 Å². The number of carboxylic acid groups (broad SMARTS) is 1. The number of halogens is 4. The quantitative estimate of drug-likeness (QED) is 0.677. The number of hydrogen-bond acceptors (Lipinski definition) is 4. The standard InChI is InChI=1S/C8H3BrF3NO5/c9-4-1-3(10)2-5(13(16)17)6(4)18-8(11,12)7(14)15/h1-2H,(H,14,15). The Bertz CT molecular complexity index is 522. The number of nitro benzene ring substituents is 1. The summed E-state index contributed by atoms with van der Waals surface area (Å²) in [5, 5.41) is 18.7. The number of nitro groups is 1. The van der Waals surface area contributed by atoms with Crippen molar-refractivity contribution in [3.05, 3.63) is 32.5 Å². The summed E-state index contributed by atoms with van der Waals surface area (Å²) in [6.45, 7) is 0. The van der Waals surface area contributed by atoms with Crippen molar-refractivity contribution in [3.63, 3.8) is 0 Å². The van der Waals surface area contributed by atoms with Gasteiger partial charge >= 0.3 is 17.8 Å². The Balaban J connectivity index is 3.32. The van der Waals surface area contributed by atoms with E-state index in [0.717, 1.165) is 0 Å². The topological polar surface area (TPSA) is 89.7 Å². The lowest BCUT2D eigenvalue weighted by molar-refractivity contribution is -0.387. The zero-order chi connectivity index (χ0) is 14.1. The average Bonchev–Trinajstić information content (AvgIpc) is 2.21. The van der Waals surface area contributed by atoms with E-state index in [9.17, 15) is 28.1 Å². The lowest BCUT2D eigenvalue weighted by atomic mass is 10.3. The molecule has 0 atom stereocenters. The molecule has 0 radical (unpaired) electrons. The Morgan fingerprint density at radius 3 is 2.50 bits per heavy atom. The summed E-state index contributed by atoms with van der Waals surface area (Å²) in [6.07, 6.45) is -4.68. The summed E-state index contributed by atoms with van der Waals surface area (Å²) in [5.41, 5.74) is -1.12. The number of carbonyl (C=O) groups is 1. The van der Waals surface area contributed by atoms with Crippen LogP contribution in [0.2, 0.25) is 0 Å². The molecule has 0 heterocycles. The van der Waals surface area contributed by atoms with Gasteiger partial charge in [0.25, 0.3) is 0 Å². The maximum atomic E-state index is 12.9. The summed E-state index contributed by atoms with van der Waals surface area (Å²) in [4.78, 5) is 19.5. The molecule has 0 bridgehead atoms. The van der Waals surface area contributed by atoms with Crippen LogP contribution in [-0.4, -0.2) is 22.1 Å². The Morgan fingerprint density at radius 1 is 1.50 bits per heavy atom. The fraction of sp³-hybridized carbons (Fsp3) is 0.125. The van der Waals surface area contributed by atoms with Crippen LogP contribution in [0, 0.1) is 15.9 Å². The van der Waals surface area contributed by atoms with Gasteiger partial charge in [0.2, 0.25) is 5.75 Å². The predicted octanol–water partition coefficient (Wildman–Crippen LogP) is 2.55. The van der Waals surface area contributed by atoms with E-state index in [0.29, 0.717) is 12.1 Å². The van der Waals surface area contributed by atoms with Crippen molar-refractivity contribution in [2.75, 3.05) is 0 Å². The van der Waals surface area contributed by atoms with E-state index in [-0.39, 0.29) is 0 Å². The van der Waals surface area contributed by atoms with Gasteiger partial charge in [-0.2, -0.15) is 8.78 Å².